The molecule has 7 heteroatoms. The minimum atomic E-state index is -0.508. The lowest BCUT2D eigenvalue weighted by atomic mass is 10.2. The van der Waals surface area contributed by atoms with Gasteiger partial charge in [0.05, 0.1) is 12.1 Å². The van der Waals surface area contributed by atoms with Crippen LogP contribution in [0.5, 0.6) is 0 Å². The third-order valence-corrected chi connectivity index (χ3v) is 4.58. The van der Waals surface area contributed by atoms with Crippen molar-refractivity contribution in [1.29, 1.82) is 0 Å². The van der Waals surface area contributed by atoms with Gasteiger partial charge in [0.15, 0.2) is 0 Å². The van der Waals surface area contributed by atoms with E-state index >= 15 is 0 Å². The molecule has 2 aromatic carbocycles. The van der Waals surface area contributed by atoms with Crippen LogP contribution in [0.4, 0.5) is 4.39 Å². The van der Waals surface area contributed by atoms with E-state index in [1.807, 2.05) is 30.3 Å². The molecule has 0 unspecified atom stereocenters. The van der Waals surface area contributed by atoms with Crippen LogP contribution in [0.2, 0.25) is 0 Å². The Bertz CT molecular complexity index is 928. The number of nitrogens with one attached hydrogen (secondary N) is 1. The molecule has 138 valence electrons. The fourth-order valence-electron chi connectivity index (χ4n) is 2.33. The zero-order valence-corrected chi connectivity index (χ0v) is 15.2. The number of hydrogen-bond donors (Lipinski definition) is 1. The molecule has 0 fully saturated rings. The van der Waals surface area contributed by atoms with Gasteiger partial charge in [-0.2, -0.15) is 0 Å². The summed E-state index contributed by atoms with van der Waals surface area (Å²) in [6.45, 7) is -0.0365. The van der Waals surface area contributed by atoms with E-state index in [-0.39, 0.29) is 31.3 Å². The highest BCUT2D eigenvalue weighted by Crippen LogP contribution is 2.24. The van der Waals surface area contributed by atoms with Crippen molar-refractivity contribution in [2.75, 3.05) is 6.54 Å². The van der Waals surface area contributed by atoms with E-state index < -0.39 is 5.97 Å². The number of esters is 1. The largest absolute Gasteiger partial charge is 0.460 e. The summed E-state index contributed by atoms with van der Waals surface area (Å²) in [4.78, 5) is 28.0. The van der Waals surface area contributed by atoms with Crippen LogP contribution in [-0.4, -0.2) is 23.4 Å². The Morgan fingerprint density at radius 1 is 1.11 bits per heavy atom. The van der Waals surface area contributed by atoms with Gasteiger partial charge >= 0.3 is 5.97 Å². The van der Waals surface area contributed by atoms with Gasteiger partial charge in [0, 0.05) is 10.9 Å². The Labute approximate surface area is 159 Å². The molecule has 1 amide bonds. The number of carbonyl (C=O) groups is 2. The van der Waals surface area contributed by atoms with E-state index in [0.717, 1.165) is 5.56 Å². The fraction of sp³-hybridized carbons (Fsp3) is 0.150. The number of nitrogens with zero attached hydrogens (tertiary/aromatic N) is 1. The number of ether oxygens (including phenoxy) is 1. The summed E-state index contributed by atoms with van der Waals surface area (Å²) in [6, 6.07) is 15.4. The lowest BCUT2D eigenvalue weighted by Crippen LogP contribution is -2.31. The second-order valence-electron chi connectivity index (χ2n) is 5.75. The van der Waals surface area contributed by atoms with Crippen molar-refractivity contribution in [3.8, 4) is 10.6 Å². The first-order chi connectivity index (χ1) is 13.1. The molecule has 0 aliphatic heterocycles. The molecule has 3 aromatic rings. The van der Waals surface area contributed by atoms with Gasteiger partial charge in [-0.1, -0.05) is 42.5 Å². The summed E-state index contributed by atoms with van der Waals surface area (Å²) in [7, 11) is 0. The van der Waals surface area contributed by atoms with Gasteiger partial charge in [-0.05, 0) is 17.7 Å². The lowest BCUT2D eigenvalue weighted by Gasteiger charge is -2.06. The molecule has 0 bridgehead atoms. The maximum absolute atomic E-state index is 13.3. The Kier molecular flexibility index (Phi) is 6.27. The predicted molar refractivity (Wildman–Crippen MR) is 100 cm³/mol. The van der Waals surface area contributed by atoms with Crippen LogP contribution in [0.3, 0.4) is 0 Å². The lowest BCUT2D eigenvalue weighted by molar-refractivity contribution is -0.145. The van der Waals surface area contributed by atoms with Crippen LogP contribution >= 0.6 is 11.3 Å². The van der Waals surface area contributed by atoms with Crippen LogP contribution in [0.1, 0.15) is 11.3 Å². The van der Waals surface area contributed by atoms with Gasteiger partial charge in [-0.25, -0.2) is 9.37 Å². The summed E-state index contributed by atoms with van der Waals surface area (Å²) < 4.78 is 18.4. The smallest absolute Gasteiger partial charge is 0.325 e. The molecule has 1 heterocycles. The quantitative estimate of drug-likeness (QED) is 0.635. The molecule has 0 aliphatic rings. The second-order valence-corrected chi connectivity index (χ2v) is 6.61. The maximum atomic E-state index is 13.3. The number of amides is 1. The molecule has 5 nitrogen and oxygen atoms in total. The van der Waals surface area contributed by atoms with Gasteiger partial charge in [0.2, 0.25) is 5.91 Å². The van der Waals surface area contributed by atoms with Gasteiger partial charge in [-0.15, -0.1) is 11.3 Å². The third kappa shape index (κ3) is 5.72. The fourth-order valence-corrected chi connectivity index (χ4v) is 3.15. The molecular formula is C20H17FN2O3S. The first kappa shape index (κ1) is 18.7. The average Bonchev–Trinajstić information content (AvgIpc) is 3.14. The summed E-state index contributed by atoms with van der Waals surface area (Å²) in [5.74, 6) is -1.18. The molecule has 0 saturated carbocycles. The van der Waals surface area contributed by atoms with Crippen LogP contribution in [0, 0.1) is 5.82 Å². The number of halogens is 1. The minimum absolute atomic E-state index is 0.0395. The maximum Gasteiger partial charge on any atom is 0.325 e. The Morgan fingerprint density at radius 2 is 1.93 bits per heavy atom. The van der Waals surface area contributed by atoms with Crippen LogP contribution in [0.15, 0.2) is 60.0 Å². The van der Waals surface area contributed by atoms with Crippen molar-refractivity contribution in [1.82, 2.24) is 10.3 Å². The van der Waals surface area contributed by atoms with E-state index in [1.165, 1.54) is 23.5 Å². The van der Waals surface area contributed by atoms with E-state index in [2.05, 4.69) is 10.3 Å². The van der Waals surface area contributed by atoms with Crippen molar-refractivity contribution in [3.63, 3.8) is 0 Å². The van der Waals surface area contributed by atoms with Crippen LogP contribution < -0.4 is 5.32 Å². The van der Waals surface area contributed by atoms with Gasteiger partial charge in [0.25, 0.3) is 0 Å². The number of aromatic nitrogens is 1. The van der Waals surface area contributed by atoms with E-state index in [9.17, 15) is 14.0 Å². The van der Waals surface area contributed by atoms with Gasteiger partial charge in [-0.3, -0.25) is 9.59 Å². The van der Waals surface area contributed by atoms with Gasteiger partial charge < -0.3 is 10.1 Å². The molecule has 1 aromatic heterocycles. The number of thiazole rings is 1. The molecular weight excluding hydrogens is 367 g/mol. The second kappa shape index (κ2) is 9.05. The molecule has 0 aliphatic carbocycles. The molecule has 1 N–H and O–H groups in total. The van der Waals surface area contributed by atoms with Crippen molar-refractivity contribution in [2.24, 2.45) is 0 Å². The molecule has 0 atom stereocenters. The van der Waals surface area contributed by atoms with Gasteiger partial charge in [0.1, 0.15) is 24.0 Å². The van der Waals surface area contributed by atoms with Crippen molar-refractivity contribution >= 4 is 23.2 Å². The summed E-state index contributed by atoms with van der Waals surface area (Å²) in [5.41, 5.74) is 2.11. The predicted octanol–water partition coefficient (Wildman–Crippen LogP) is 3.35. The highest BCUT2D eigenvalue weighted by molar-refractivity contribution is 7.13. The molecule has 3 rings (SSSR count). The topological polar surface area (TPSA) is 68.3 Å². The van der Waals surface area contributed by atoms with E-state index in [1.54, 1.807) is 17.5 Å². The van der Waals surface area contributed by atoms with Crippen molar-refractivity contribution in [3.05, 3.63) is 77.1 Å². The summed E-state index contributed by atoms with van der Waals surface area (Å²) >= 11 is 1.33. The first-order valence-corrected chi connectivity index (χ1v) is 9.15. The van der Waals surface area contributed by atoms with Crippen molar-refractivity contribution < 1.29 is 18.7 Å². The average molecular weight is 384 g/mol. The van der Waals surface area contributed by atoms with E-state index in [0.29, 0.717) is 16.3 Å². The van der Waals surface area contributed by atoms with Crippen LogP contribution in [-0.2, 0) is 27.4 Å². The van der Waals surface area contributed by atoms with Crippen molar-refractivity contribution in [2.45, 2.75) is 13.0 Å². The highest BCUT2D eigenvalue weighted by Gasteiger charge is 2.11. The minimum Gasteiger partial charge on any atom is -0.460 e. The highest BCUT2D eigenvalue weighted by atomic mass is 32.1. The Balaban J connectivity index is 1.45. The number of rotatable bonds is 7. The normalized spacial score (nSPS) is 10.4. The third-order valence-electron chi connectivity index (χ3n) is 3.64. The van der Waals surface area contributed by atoms with Crippen LogP contribution in [0.25, 0.3) is 10.6 Å². The molecule has 0 radical (unpaired) electrons. The zero-order chi connectivity index (χ0) is 19.1. The molecule has 0 saturated heterocycles. The summed E-state index contributed by atoms with van der Waals surface area (Å²) in [5, 5.41) is 4.90. The van der Waals surface area contributed by atoms with E-state index in [4.69, 9.17) is 4.74 Å². The number of hydrogen-bond acceptors (Lipinski definition) is 5. The number of benzene rings is 2. The monoisotopic (exact) mass is 384 g/mol. The molecule has 27 heavy (non-hydrogen) atoms. The standard InChI is InChI=1S/C20H17FN2O3S/c21-16-8-4-7-15(9-16)20-23-17(13-27-20)10-18(24)22-11-19(25)26-12-14-5-2-1-3-6-14/h1-9,13H,10-12H2,(H,22,24). The zero-order valence-electron chi connectivity index (χ0n) is 14.4. The SMILES string of the molecule is O=C(Cc1csc(-c2cccc(F)c2)n1)NCC(=O)OCc1ccccc1. The first-order valence-electron chi connectivity index (χ1n) is 8.27. The Hall–Kier alpha value is -3.06. The number of carbonyl (C=O) groups excluding carboxylic acids is 2. The molecule has 0 spiro atoms. The summed E-state index contributed by atoms with van der Waals surface area (Å²) in [6.07, 6.45) is 0.0395. The Morgan fingerprint density at radius 3 is 2.70 bits per heavy atom.